The van der Waals surface area contributed by atoms with E-state index in [0.717, 1.165) is 24.0 Å². The molecular weight excluding hydrogens is 208 g/mol. The Morgan fingerprint density at radius 3 is 1.44 bits per heavy atom. The Morgan fingerprint density at radius 1 is 0.938 bits per heavy atom. The quantitative estimate of drug-likeness (QED) is 0.540. The lowest BCUT2D eigenvalue weighted by molar-refractivity contribution is -0.156. The molecule has 0 fully saturated rings. The Kier molecular flexibility index (Phi) is 4.10. The fourth-order valence-electron chi connectivity index (χ4n) is 2.41. The molecule has 4 nitrogen and oxygen atoms in total. The summed E-state index contributed by atoms with van der Waals surface area (Å²) in [4.78, 5) is 23.2. The highest BCUT2D eigenvalue weighted by molar-refractivity contribution is 5.90. The van der Waals surface area contributed by atoms with Crippen LogP contribution in [0, 0.1) is 11.8 Å². The monoisotopic (exact) mass is 226 g/mol. The van der Waals surface area contributed by atoms with Crippen LogP contribution in [-0.2, 0) is 19.1 Å². The lowest BCUT2D eigenvalue weighted by Gasteiger charge is -2.38. The van der Waals surface area contributed by atoms with Gasteiger partial charge < -0.3 is 9.47 Å². The summed E-state index contributed by atoms with van der Waals surface area (Å²) in [6.07, 6.45) is 1.55. The molecule has 0 amide bonds. The molecule has 1 aliphatic carbocycles. The van der Waals surface area contributed by atoms with Crippen LogP contribution in [0.15, 0.2) is 11.1 Å². The van der Waals surface area contributed by atoms with E-state index in [1.807, 2.05) is 13.8 Å². The number of carbonyl (C=O) groups is 2. The number of ether oxygens (including phenoxy) is 2. The lowest BCUT2D eigenvalue weighted by Crippen LogP contribution is -2.42. The van der Waals surface area contributed by atoms with Crippen LogP contribution in [0.2, 0.25) is 0 Å². The van der Waals surface area contributed by atoms with E-state index in [1.165, 1.54) is 14.2 Å². The van der Waals surface area contributed by atoms with Crippen molar-refractivity contribution < 1.29 is 19.1 Å². The van der Waals surface area contributed by atoms with Crippen molar-refractivity contribution in [2.24, 2.45) is 11.8 Å². The van der Waals surface area contributed by atoms with Gasteiger partial charge in [-0.05, 0) is 12.8 Å². The van der Waals surface area contributed by atoms with Gasteiger partial charge in [-0.3, -0.25) is 9.59 Å². The zero-order valence-corrected chi connectivity index (χ0v) is 10.2. The van der Waals surface area contributed by atoms with E-state index >= 15 is 0 Å². The van der Waals surface area contributed by atoms with E-state index in [0.29, 0.717) is 0 Å². The van der Waals surface area contributed by atoms with E-state index in [2.05, 4.69) is 0 Å². The first-order chi connectivity index (χ1) is 7.62. The molecule has 4 heteroatoms. The highest BCUT2D eigenvalue weighted by Gasteiger charge is 2.48. The first kappa shape index (κ1) is 12.7. The molecule has 0 unspecified atom stereocenters. The number of hydrogen-bond donors (Lipinski definition) is 0. The van der Waals surface area contributed by atoms with Gasteiger partial charge in [-0.25, -0.2) is 0 Å². The third-order valence-electron chi connectivity index (χ3n) is 3.17. The zero-order valence-electron chi connectivity index (χ0n) is 10.2. The third kappa shape index (κ3) is 1.84. The fourth-order valence-corrected chi connectivity index (χ4v) is 2.41. The van der Waals surface area contributed by atoms with Gasteiger partial charge >= 0.3 is 11.9 Å². The van der Waals surface area contributed by atoms with Gasteiger partial charge in [0.05, 0.1) is 26.1 Å². The highest BCUT2D eigenvalue weighted by atomic mass is 16.5. The van der Waals surface area contributed by atoms with Crippen LogP contribution >= 0.6 is 0 Å². The summed E-state index contributed by atoms with van der Waals surface area (Å²) in [6.45, 7) is 3.96. The van der Waals surface area contributed by atoms with Crippen molar-refractivity contribution in [2.45, 2.75) is 26.7 Å². The topological polar surface area (TPSA) is 52.6 Å². The molecule has 2 atom stereocenters. The van der Waals surface area contributed by atoms with Gasteiger partial charge in [0, 0.05) is 0 Å². The molecule has 0 radical (unpaired) electrons. The minimum Gasteiger partial charge on any atom is -0.469 e. The maximum Gasteiger partial charge on any atom is 0.314 e. The molecule has 0 bridgehead atoms. The van der Waals surface area contributed by atoms with Crippen LogP contribution in [0.4, 0.5) is 0 Å². The van der Waals surface area contributed by atoms with Crippen molar-refractivity contribution in [3.8, 4) is 0 Å². The molecule has 1 rings (SSSR count). The lowest BCUT2D eigenvalue weighted by atomic mass is 9.66. The summed E-state index contributed by atoms with van der Waals surface area (Å²) < 4.78 is 9.45. The minimum absolute atomic E-state index is 0.343. The molecule has 0 saturated carbocycles. The van der Waals surface area contributed by atoms with Crippen molar-refractivity contribution in [1.29, 1.82) is 0 Å². The number of rotatable bonds is 4. The van der Waals surface area contributed by atoms with Gasteiger partial charge in [0.2, 0.25) is 0 Å². The second-order valence-corrected chi connectivity index (χ2v) is 3.76. The Bertz CT molecular complexity index is 298. The molecule has 0 spiro atoms. The summed E-state index contributed by atoms with van der Waals surface area (Å²) in [5, 5.41) is 0. The predicted octanol–water partition coefficient (Wildman–Crippen LogP) is 1.70. The molecule has 0 aromatic heterocycles. The molecule has 0 aliphatic heterocycles. The van der Waals surface area contributed by atoms with E-state index in [4.69, 9.17) is 9.47 Å². The molecule has 16 heavy (non-hydrogen) atoms. The van der Waals surface area contributed by atoms with Gasteiger partial charge in [0.15, 0.2) is 0 Å². The second kappa shape index (κ2) is 5.14. The fraction of sp³-hybridized carbons (Fsp3) is 0.667. The van der Waals surface area contributed by atoms with Crippen LogP contribution in [0.3, 0.4) is 0 Å². The highest BCUT2D eigenvalue weighted by Crippen LogP contribution is 2.45. The van der Waals surface area contributed by atoms with Gasteiger partial charge in [0.25, 0.3) is 0 Å². The van der Waals surface area contributed by atoms with Crippen molar-refractivity contribution in [3.63, 3.8) is 0 Å². The van der Waals surface area contributed by atoms with Crippen LogP contribution < -0.4 is 0 Å². The van der Waals surface area contributed by atoms with Crippen LogP contribution in [0.1, 0.15) is 26.7 Å². The van der Waals surface area contributed by atoms with Crippen molar-refractivity contribution in [2.75, 3.05) is 14.2 Å². The second-order valence-electron chi connectivity index (χ2n) is 3.76. The van der Waals surface area contributed by atoms with Gasteiger partial charge in [0.1, 0.15) is 0 Å². The number of carbonyl (C=O) groups excluding carboxylic acids is 2. The van der Waals surface area contributed by atoms with Crippen molar-refractivity contribution >= 4 is 11.9 Å². The Labute approximate surface area is 95.6 Å². The minimum atomic E-state index is -0.433. The summed E-state index contributed by atoms with van der Waals surface area (Å²) in [5.74, 6) is -1.55. The molecule has 0 aromatic rings. The molecule has 0 saturated heterocycles. The van der Waals surface area contributed by atoms with Crippen molar-refractivity contribution in [3.05, 3.63) is 11.1 Å². The standard InChI is InChI=1S/C12H18O4/c1-5-7-8(6-2)10(12(14)16-4)9(7)11(13)15-3/h9-10H,5-6H2,1-4H3/t9-,10-/m1/s1. The van der Waals surface area contributed by atoms with E-state index in [-0.39, 0.29) is 11.9 Å². The van der Waals surface area contributed by atoms with E-state index < -0.39 is 11.8 Å². The largest absolute Gasteiger partial charge is 0.469 e. The van der Waals surface area contributed by atoms with Gasteiger partial charge in [-0.15, -0.1) is 0 Å². The average Bonchev–Trinajstić information content (AvgIpc) is 2.28. The SMILES string of the molecule is CCC1=C(CC)[C@@H](C(=O)OC)[C@@H]1C(=O)OC. The summed E-state index contributed by atoms with van der Waals surface area (Å²) in [5.41, 5.74) is 2.06. The number of esters is 2. The summed E-state index contributed by atoms with van der Waals surface area (Å²) in [7, 11) is 2.68. The number of hydrogen-bond acceptors (Lipinski definition) is 4. The normalized spacial score (nSPS) is 23.8. The van der Waals surface area contributed by atoms with Crippen molar-refractivity contribution in [1.82, 2.24) is 0 Å². The summed E-state index contributed by atoms with van der Waals surface area (Å²) >= 11 is 0. The maximum atomic E-state index is 11.6. The zero-order chi connectivity index (χ0) is 12.3. The summed E-state index contributed by atoms with van der Waals surface area (Å²) in [6, 6.07) is 0. The predicted molar refractivity (Wildman–Crippen MR) is 58.6 cm³/mol. The van der Waals surface area contributed by atoms with E-state index in [9.17, 15) is 9.59 Å². The Morgan fingerprint density at radius 2 is 1.25 bits per heavy atom. The molecule has 1 aliphatic rings. The maximum absolute atomic E-state index is 11.6. The first-order valence-electron chi connectivity index (χ1n) is 5.49. The number of methoxy groups -OCH3 is 2. The van der Waals surface area contributed by atoms with Crippen LogP contribution in [0.25, 0.3) is 0 Å². The Balaban J connectivity index is 3.02. The molecule has 0 heterocycles. The first-order valence-corrected chi connectivity index (χ1v) is 5.49. The Hall–Kier alpha value is -1.32. The van der Waals surface area contributed by atoms with Crippen LogP contribution in [-0.4, -0.2) is 26.2 Å². The molecule has 0 N–H and O–H groups in total. The van der Waals surface area contributed by atoms with Gasteiger partial charge in [-0.2, -0.15) is 0 Å². The third-order valence-corrected chi connectivity index (χ3v) is 3.17. The molecule has 90 valence electrons. The molecular formula is C12H18O4. The average molecular weight is 226 g/mol. The van der Waals surface area contributed by atoms with E-state index in [1.54, 1.807) is 0 Å². The molecule has 0 aromatic carbocycles. The smallest absolute Gasteiger partial charge is 0.314 e. The van der Waals surface area contributed by atoms with Gasteiger partial charge in [-0.1, -0.05) is 25.0 Å². The van der Waals surface area contributed by atoms with Crippen LogP contribution in [0.5, 0.6) is 0 Å².